The summed E-state index contributed by atoms with van der Waals surface area (Å²) in [5, 5.41) is 3.58. The van der Waals surface area contributed by atoms with E-state index in [2.05, 4.69) is 5.32 Å². The van der Waals surface area contributed by atoms with Crippen LogP contribution < -0.4 is 10.2 Å². The van der Waals surface area contributed by atoms with Crippen molar-refractivity contribution in [2.24, 2.45) is 5.92 Å². The number of carbonyl (C=O) groups is 3. The summed E-state index contributed by atoms with van der Waals surface area (Å²) in [7, 11) is 0. The number of hydrogen-bond acceptors (Lipinski definition) is 3. The monoisotopic (exact) mass is 425 g/mol. The molecule has 0 radical (unpaired) electrons. The zero-order valence-corrected chi connectivity index (χ0v) is 17.4. The maximum absolute atomic E-state index is 13.0. The van der Waals surface area contributed by atoms with Gasteiger partial charge < -0.3 is 15.1 Å². The van der Waals surface area contributed by atoms with Crippen LogP contribution in [0.4, 0.5) is 11.4 Å². The Balaban J connectivity index is 1.45. The molecule has 1 atom stereocenters. The third-order valence-electron chi connectivity index (χ3n) is 5.70. The van der Waals surface area contributed by atoms with Gasteiger partial charge in [0.15, 0.2) is 0 Å². The van der Waals surface area contributed by atoms with Crippen LogP contribution in [0.1, 0.15) is 36.0 Å². The summed E-state index contributed by atoms with van der Waals surface area (Å²) in [6.07, 6.45) is 2.85. The molecule has 4 rings (SSSR count). The molecule has 3 amide bonds. The Kier molecular flexibility index (Phi) is 6.04. The van der Waals surface area contributed by atoms with Crippen LogP contribution in [0.25, 0.3) is 0 Å². The van der Waals surface area contributed by atoms with Gasteiger partial charge in [0.2, 0.25) is 11.8 Å². The number of nitrogens with zero attached hydrogens (tertiary/aromatic N) is 2. The Hall–Kier alpha value is -2.86. The van der Waals surface area contributed by atoms with E-state index in [1.165, 1.54) is 0 Å². The molecule has 7 heteroatoms. The molecule has 1 unspecified atom stereocenters. The minimum absolute atomic E-state index is 0.0779. The molecule has 1 N–H and O–H groups in total. The third-order valence-corrected chi connectivity index (χ3v) is 5.95. The van der Waals surface area contributed by atoms with Gasteiger partial charge in [-0.15, -0.1) is 0 Å². The second-order valence-electron chi connectivity index (χ2n) is 7.75. The molecule has 0 saturated carbocycles. The Morgan fingerprint density at radius 3 is 2.50 bits per heavy atom. The van der Waals surface area contributed by atoms with E-state index >= 15 is 0 Å². The number of piperidine rings is 1. The average Bonchev–Trinajstić information content (AvgIpc) is 3.20. The van der Waals surface area contributed by atoms with E-state index in [9.17, 15) is 14.4 Å². The first-order valence-electron chi connectivity index (χ1n) is 10.3. The van der Waals surface area contributed by atoms with Gasteiger partial charge in [-0.3, -0.25) is 14.4 Å². The van der Waals surface area contributed by atoms with Crippen molar-refractivity contribution in [3.05, 3.63) is 59.1 Å². The zero-order valence-electron chi connectivity index (χ0n) is 16.6. The van der Waals surface area contributed by atoms with E-state index in [-0.39, 0.29) is 23.6 Å². The topological polar surface area (TPSA) is 69.7 Å². The second kappa shape index (κ2) is 8.88. The second-order valence-corrected chi connectivity index (χ2v) is 8.19. The fourth-order valence-electron chi connectivity index (χ4n) is 4.10. The number of hydrogen-bond donors (Lipinski definition) is 1. The molecule has 2 aromatic rings. The summed E-state index contributed by atoms with van der Waals surface area (Å²) in [4.78, 5) is 41.4. The predicted molar refractivity (Wildman–Crippen MR) is 117 cm³/mol. The van der Waals surface area contributed by atoms with Crippen LogP contribution in [0.15, 0.2) is 48.5 Å². The molecular formula is C23H24ClN3O3. The number of carbonyl (C=O) groups excluding carboxylic acids is 3. The highest BCUT2D eigenvalue weighted by molar-refractivity contribution is 6.30. The van der Waals surface area contributed by atoms with Crippen LogP contribution in [0, 0.1) is 5.92 Å². The zero-order chi connectivity index (χ0) is 21.1. The number of benzene rings is 2. The summed E-state index contributed by atoms with van der Waals surface area (Å²) < 4.78 is 0. The number of nitrogens with one attached hydrogen (secondary N) is 1. The smallest absolute Gasteiger partial charge is 0.253 e. The van der Waals surface area contributed by atoms with Crippen molar-refractivity contribution in [3.8, 4) is 0 Å². The molecule has 2 heterocycles. The summed E-state index contributed by atoms with van der Waals surface area (Å²) in [6.45, 7) is 1.67. The van der Waals surface area contributed by atoms with E-state index in [1.807, 2.05) is 24.3 Å². The fraction of sp³-hybridized carbons (Fsp3) is 0.348. The summed E-state index contributed by atoms with van der Waals surface area (Å²) in [6, 6.07) is 14.2. The lowest BCUT2D eigenvalue weighted by molar-refractivity contribution is -0.121. The quantitative estimate of drug-likeness (QED) is 0.806. The van der Waals surface area contributed by atoms with E-state index in [0.29, 0.717) is 42.3 Å². The number of anilines is 2. The number of rotatable bonds is 4. The van der Waals surface area contributed by atoms with Gasteiger partial charge in [0.25, 0.3) is 5.91 Å². The largest absolute Gasteiger partial charge is 0.338 e. The fourth-order valence-corrected chi connectivity index (χ4v) is 4.23. The summed E-state index contributed by atoms with van der Waals surface area (Å²) >= 11 is 5.91. The summed E-state index contributed by atoms with van der Waals surface area (Å²) in [5.41, 5.74) is 1.94. The Labute approximate surface area is 180 Å². The van der Waals surface area contributed by atoms with Crippen molar-refractivity contribution in [1.82, 2.24) is 4.90 Å². The molecule has 156 valence electrons. The SMILES string of the molecule is O=C(Nc1ccccc1N1CCCC1=O)C1CCCN(C(=O)c2ccc(Cl)cc2)C1. The average molecular weight is 426 g/mol. The molecule has 2 aromatic carbocycles. The molecule has 30 heavy (non-hydrogen) atoms. The van der Waals surface area contributed by atoms with Crippen molar-refractivity contribution >= 4 is 40.7 Å². The number of para-hydroxylation sites is 2. The van der Waals surface area contributed by atoms with Gasteiger partial charge in [0, 0.05) is 36.6 Å². The van der Waals surface area contributed by atoms with Crippen molar-refractivity contribution in [2.75, 3.05) is 29.9 Å². The molecular weight excluding hydrogens is 402 g/mol. The number of amides is 3. The van der Waals surface area contributed by atoms with Gasteiger partial charge >= 0.3 is 0 Å². The van der Waals surface area contributed by atoms with E-state index in [0.717, 1.165) is 24.9 Å². The number of halogens is 1. The molecule has 2 aliphatic rings. The van der Waals surface area contributed by atoms with Crippen molar-refractivity contribution in [2.45, 2.75) is 25.7 Å². The van der Waals surface area contributed by atoms with Crippen LogP contribution in [0.2, 0.25) is 5.02 Å². The minimum Gasteiger partial charge on any atom is -0.338 e. The van der Waals surface area contributed by atoms with Crippen LogP contribution in [0.3, 0.4) is 0 Å². The van der Waals surface area contributed by atoms with Gasteiger partial charge in [0.1, 0.15) is 0 Å². The van der Waals surface area contributed by atoms with Gasteiger partial charge in [-0.1, -0.05) is 23.7 Å². The van der Waals surface area contributed by atoms with Crippen molar-refractivity contribution in [1.29, 1.82) is 0 Å². The Bertz CT molecular complexity index is 960. The molecule has 2 fully saturated rings. The van der Waals surface area contributed by atoms with Crippen molar-refractivity contribution in [3.63, 3.8) is 0 Å². The molecule has 2 saturated heterocycles. The van der Waals surface area contributed by atoms with E-state index < -0.39 is 0 Å². The normalized spacial score (nSPS) is 19.1. The van der Waals surface area contributed by atoms with Crippen LogP contribution in [0.5, 0.6) is 0 Å². The maximum Gasteiger partial charge on any atom is 0.253 e. The van der Waals surface area contributed by atoms with E-state index in [4.69, 9.17) is 11.6 Å². The molecule has 0 aliphatic carbocycles. The van der Waals surface area contributed by atoms with Crippen LogP contribution in [-0.2, 0) is 9.59 Å². The highest BCUT2D eigenvalue weighted by atomic mass is 35.5. The lowest BCUT2D eigenvalue weighted by atomic mass is 9.96. The first kappa shape index (κ1) is 20.4. The Morgan fingerprint density at radius 2 is 1.77 bits per heavy atom. The molecule has 0 bridgehead atoms. The highest BCUT2D eigenvalue weighted by Crippen LogP contribution is 2.30. The van der Waals surface area contributed by atoms with Crippen LogP contribution in [-0.4, -0.2) is 42.3 Å². The van der Waals surface area contributed by atoms with E-state index in [1.54, 1.807) is 34.1 Å². The molecule has 6 nitrogen and oxygen atoms in total. The van der Waals surface area contributed by atoms with Crippen LogP contribution >= 0.6 is 11.6 Å². The Morgan fingerprint density at radius 1 is 1.00 bits per heavy atom. The highest BCUT2D eigenvalue weighted by Gasteiger charge is 2.30. The van der Waals surface area contributed by atoms with Gasteiger partial charge in [-0.25, -0.2) is 0 Å². The first-order chi connectivity index (χ1) is 14.5. The molecule has 2 aliphatic heterocycles. The van der Waals surface area contributed by atoms with Gasteiger partial charge in [-0.05, 0) is 55.7 Å². The number of likely N-dealkylation sites (tertiary alicyclic amines) is 1. The molecule has 0 aromatic heterocycles. The predicted octanol–water partition coefficient (Wildman–Crippen LogP) is 3.96. The maximum atomic E-state index is 13.0. The standard InChI is InChI=1S/C23H24ClN3O3/c24-18-11-9-16(10-12-18)23(30)26-13-3-5-17(15-26)22(29)25-19-6-1-2-7-20(19)27-14-4-8-21(27)28/h1-2,6-7,9-12,17H,3-5,8,13-15H2,(H,25,29). The van der Waals surface area contributed by atoms with Gasteiger partial charge in [-0.2, -0.15) is 0 Å². The minimum atomic E-state index is -0.294. The third kappa shape index (κ3) is 4.33. The lowest BCUT2D eigenvalue weighted by Crippen LogP contribution is -2.43. The molecule has 0 spiro atoms. The first-order valence-corrected chi connectivity index (χ1v) is 10.7. The van der Waals surface area contributed by atoms with Gasteiger partial charge in [0.05, 0.1) is 17.3 Å². The summed E-state index contributed by atoms with van der Waals surface area (Å²) in [5.74, 6) is -0.429. The lowest BCUT2D eigenvalue weighted by Gasteiger charge is -2.32. The van der Waals surface area contributed by atoms with Crippen molar-refractivity contribution < 1.29 is 14.4 Å².